The summed E-state index contributed by atoms with van der Waals surface area (Å²) in [5.41, 5.74) is -0.426. The third kappa shape index (κ3) is 5.64. The van der Waals surface area contributed by atoms with Gasteiger partial charge >= 0.3 is 6.18 Å². The topological polar surface area (TPSA) is 102 Å². The molecule has 8 nitrogen and oxygen atoms in total. The van der Waals surface area contributed by atoms with E-state index in [4.69, 9.17) is 9.47 Å². The van der Waals surface area contributed by atoms with Crippen molar-refractivity contribution in [2.24, 2.45) is 0 Å². The van der Waals surface area contributed by atoms with Gasteiger partial charge in [0, 0.05) is 13.1 Å². The molecule has 1 N–H and O–H groups in total. The molecule has 176 valence electrons. The van der Waals surface area contributed by atoms with Crippen LogP contribution >= 0.6 is 0 Å². The van der Waals surface area contributed by atoms with Gasteiger partial charge in [-0.05, 0) is 55.3 Å². The van der Waals surface area contributed by atoms with Crippen LogP contribution in [-0.4, -0.2) is 54.1 Å². The van der Waals surface area contributed by atoms with Crippen LogP contribution in [0.4, 0.5) is 18.9 Å². The zero-order valence-electron chi connectivity index (χ0n) is 16.9. The highest BCUT2D eigenvalue weighted by Crippen LogP contribution is 2.33. The molecule has 0 aromatic heterocycles. The molecule has 0 spiro atoms. The van der Waals surface area contributed by atoms with Gasteiger partial charge in [-0.15, -0.1) is 0 Å². The van der Waals surface area contributed by atoms with Crippen LogP contribution in [0, 0.1) is 0 Å². The number of hydrogen-bond acceptors (Lipinski definition) is 6. The maximum atomic E-state index is 12.8. The average Bonchev–Trinajstić information content (AvgIpc) is 3.28. The number of hydrogen-bond donors (Lipinski definition) is 1. The Hall–Kier alpha value is -2.51. The van der Waals surface area contributed by atoms with E-state index < -0.39 is 44.3 Å². The zero-order chi connectivity index (χ0) is 23.6. The van der Waals surface area contributed by atoms with Gasteiger partial charge in [0.1, 0.15) is 11.5 Å². The first kappa shape index (κ1) is 24.1. The summed E-state index contributed by atoms with van der Waals surface area (Å²) in [6.45, 7) is -1.06. The summed E-state index contributed by atoms with van der Waals surface area (Å²) in [7, 11) is -6.82. The summed E-state index contributed by atoms with van der Waals surface area (Å²) in [6.07, 6.45) is -3.31. The molecule has 0 radical (unpaired) electrons. The largest absolute Gasteiger partial charge is 0.497 e. The van der Waals surface area contributed by atoms with Crippen LogP contribution < -0.4 is 14.2 Å². The van der Waals surface area contributed by atoms with Crippen molar-refractivity contribution in [1.29, 1.82) is 0 Å². The van der Waals surface area contributed by atoms with Gasteiger partial charge in [0.15, 0.2) is 6.61 Å². The number of nitrogens with zero attached hydrogens (tertiary/aromatic N) is 1. The van der Waals surface area contributed by atoms with Crippen LogP contribution in [0.3, 0.4) is 0 Å². The quantitative estimate of drug-likeness (QED) is 0.605. The third-order valence-electron chi connectivity index (χ3n) is 4.66. The number of benzene rings is 2. The number of halogens is 3. The second-order valence-corrected chi connectivity index (χ2v) is 10.6. The van der Waals surface area contributed by atoms with E-state index in [1.165, 1.54) is 35.7 Å². The molecule has 0 amide bonds. The molecule has 2 aromatic carbocycles. The molecule has 1 fully saturated rings. The standard InChI is InChI=1S/C19H21F3N2O6S2/c1-29-14-4-6-15(7-5-14)31(25,26)23-17-12-16(32(27,28)24-10-2-3-11-24)8-9-18(17)30-13-19(20,21)22/h4-9,12,23H,2-3,10-11,13H2,1H3. The van der Waals surface area contributed by atoms with E-state index in [-0.39, 0.29) is 9.79 Å². The fraction of sp³-hybridized carbons (Fsp3) is 0.368. The minimum Gasteiger partial charge on any atom is -0.497 e. The van der Waals surface area contributed by atoms with Crippen molar-refractivity contribution in [3.8, 4) is 11.5 Å². The third-order valence-corrected chi connectivity index (χ3v) is 7.94. The van der Waals surface area contributed by atoms with E-state index in [0.29, 0.717) is 31.7 Å². The summed E-state index contributed by atoms with van der Waals surface area (Å²) >= 11 is 0. The highest BCUT2D eigenvalue weighted by molar-refractivity contribution is 7.92. The van der Waals surface area contributed by atoms with Crippen LogP contribution in [0.5, 0.6) is 11.5 Å². The lowest BCUT2D eigenvalue weighted by Gasteiger charge is -2.19. The number of sulfonamides is 2. The molecule has 1 aliphatic heterocycles. The second-order valence-electron chi connectivity index (χ2n) is 6.95. The summed E-state index contributed by atoms with van der Waals surface area (Å²) in [6, 6.07) is 8.31. The number of alkyl halides is 3. The van der Waals surface area contributed by atoms with Crippen molar-refractivity contribution in [2.75, 3.05) is 31.5 Å². The predicted octanol–water partition coefficient (Wildman–Crippen LogP) is 3.22. The average molecular weight is 495 g/mol. The summed E-state index contributed by atoms with van der Waals surface area (Å²) in [4.78, 5) is -0.459. The van der Waals surface area contributed by atoms with Gasteiger partial charge in [-0.3, -0.25) is 4.72 Å². The first-order valence-electron chi connectivity index (χ1n) is 9.43. The molecule has 0 unspecified atom stereocenters. The van der Waals surface area contributed by atoms with Crippen LogP contribution in [0.1, 0.15) is 12.8 Å². The van der Waals surface area contributed by atoms with Crippen LogP contribution in [-0.2, 0) is 20.0 Å². The Morgan fingerprint density at radius 1 is 0.969 bits per heavy atom. The highest BCUT2D eigenvalue weighted by Gasteiger charge is 2.31. The molecule has 32 heavy (non-hydrogen) atoms. The smallest absolute Gasteiger partial charge is 0.422 e. The van der Waals surface area contributed by atoms with Gasteiger partial charge < -0.3 is 9.47 Å². The lowest BCUT2D eigenvalue weighted by atomic mass is 10.3. The number of rotatable bonds is 8. The van der Waals surface area contributed by atoms with Gasteiger partial charge in [0.25, 0.3) is 10.0 Å². The van der Waals surface area contributed by atoms with Crippen molar-refractivity contribution in [3.05, 3.63) is 42.5 Å². The van der Waals surface area contributed by atoms with Crippen molar-refractivity contribution in [3.63, 3.8) is 0 Å². The molecule has 0 atom stereocenters. The number of nitrogens with one attached hydrogen (secondary N) is 1. The summed E-state index contributed by atoms with van der Waals surface area (Å²) in [5, 5.41) is 0. The Kier molecular flexibility index (Phi) is 6.91. The molecular weight excluding hydrogens is 473 g/mol. The van der Waals surface area contributed by atoms with Crippen LogP contribution in [0.15, 0.2) is 52.3 Å². The van der Waals surface area contributed by atoms with Crippen molar-refractivity contribution < 1.29 is 39.5 Å². The van der Waals surface area contributed by atoms with Crippen molar-refractivity contribution in [2.45, 2.75) is 28.8 Å². The Labute approximate surface area is 184 Å². The highest BCUT2D eigenvalue weighted by atomic mass is 32.2. The maximum absolute atomic E-state index is 12.8. The molecule has 2 aromatic rings. The molecule has 0 bridgehead atoms. The molecule has 13 heteroatoms. The van der Waals surface area contributed by atoms with Crippen LogP contribution in [0.2, 0.25) is 0 Å². The normalized spacial score (nSPS) is 15.5. The molecule has 0 saturated carbocycles. The lowest BCUT2D eigenvalue weighted by Crippen LogP contribution is -2.28. The van der Waals surface area contributed by atoms with Gasteiger partial charge in [0.05, 0.1) is 22.6 Å². The Bertz CT molecular complexity index is 1160. The van der Waals surface area contributed by atoms with Gasteiger partial charge in [0.2, 0.25) is 10.0 Å². The number of anilines is 1. The first-order chi connectivity index (χ1) is 14.9. The molecule has 0 aliphatic carbocycles. The molecular formula is C19H21F3N2O6S2. The summed E-state index contributed by atoms with van der Waals surface area (Å²) in [5.74, 6) is -0.0587. The van der Waals surface area contributed by atoms with E-state index >= 15 is 0 Å². The van der Waals surface area contributed by atoms with E-state index in [1.54, 1.807) is 0 Å². The van der Waals surface area contributed by atoms with Crippen molar-refractivity contribution >= 4 is 25.7 Å². The predicted molar refractivity (Wildman–Crippen MR) is 110 cm³/mol. The number of methoxy groups -OCH3 is 1. The monoisotopic (exact) mass is 494 g/mol. The lowest BCUT2D eigenvalue weighted by molar-refractivity contribution is -0.153. The van der Waals surface area contributed by atoms with Crippen molar-refractivity contribution in [1.82, 2.24) is 4.31 Å². The SMILES string of the molecule is COc1ccc(S(=O)(=O)Nc2cc(S(=O)(=O)N3CCCC3)ccc2OCC(F)(F)F)cc1. The minimum absolute atomic E-state index is 0.201. The van der Waals surface area contributed by atoms with E-state index in [2.05, 4.69) is 4.72 Å². The molecule has 1 aliphatic rings. The van der Waals surface area contributed by atoms with Gasteiger partial charge in [-0.2, -0.15) is 17.5 Å². The maximum Gasteiger partial charge on any atom is 0.422 e. The summed E-state index contributed by atoms with van der Waals surface area (Å²) < 4.78 is 102. The van der Waals surface area contributed by atoms with E-state index in [1.807, 2.05) is 0 Å². The fourth-order valence-electron chi connectivity index (χ4n) is 3.07. The van der Waals surface area contributed by atoms with E-state index in [0.717, 1.165) is 18.2 Å². The van der Waals surface area contributed by atoms with E-state index in [9.17, 15) is 30.0 Å². The Morgan fingerprint density at radius 3 is 2.12 bits per heavy atom. The second kappa shape index (κ2) is 9.16. The Morgan fingerprint density at radius 2 is 1.56 bits per heavy atom. The molecule has 1 saturated heterocycles. The van der Waals surface area contributed by atoms with Gasteiger partial charge in [-0.25, -0.2) is 16.8 Å². The molecule has 3 rings (SSSR count). The fourth-order valence-corrected chi connectivity index (χ4v) is 5.68. The minimum atomic E-state index is -4.67. The molecule has 1 heterocycles. The van der Waals surface area contributed by atoms with Gasteiger partial charge in [-0.1, -0.05) is 0 Å². The van der Waals surface area contributed by atoms with Crippen LogP contribution in [0.25, 0.3) is 0 Å². The number of ether oxygens (including phenoxy) is 2. The zero-order valence-corrected chi connectivity index (χ0v) is 18.6. The first-order valence-corrected chi connectivity index (χ1v) is 12.4. The Balaban J connectivity index is 1.99.